The fourth-order valence-electron chi connectivity index (χ4n) is 3.34. The van der Waals surface area contributed by atoms with Crippen molar-refractivity contribution in [3.05, 3.63) is 53.1 Å². The average molecular weight is 354 g/mol. The van der Waals surface area contributed by atoms with Crippen LogP contribution in [0.15, 0.2) is 36.4 Å². The summed E-state index contributed by atoms with van der Waals surface area (Å²) in [6.07, 6.45) is 0.139. The van der Waals surface area contributed by atoms with Crippen molar-refractivity contribution in [3.8, 4) is 16.9 Å². The van der Waals surface area contributed by atoms with Crippen molar-refractivity contribution in [1.29, 1.82) is 0 Å². The Morgan fingerprint density at radius 3 is 2.46 bits per heavy atom. The molecule has 0 aromatic heterocycles. The zero-order chi connectivity index (χ0) is 18.7. The van der Waals surface area contributed by atoms with Gasteiger partial charge in [-0.05, 0) is 54.3 Å². The summed E-state index contributed by atoms with van der Waals surface area (Å²) in [6, 6.07) is 11.4. The molecule has 0 aliphatic carbocycles. The number of rotatable bonds is 5. The van der Waals surface area contributed by atoms with Gasteiger partial charge in [0.2, 0.25) is 0 Å². The second kappa shape index (κ2) is 7.70. The van der Waals surface area contributed by atoms with Crippen LogP contribution in [0.4, 0.5) is 0 Å². The topological polar surface area (TPSA) is 61.8 Å². The Bertz CT molecular complexity index is 804. The molecule has 2 aromatic carbocycles. The lowest BCUT2D eigenvalue weighted by molar-refractivity contribution is -0.149. The van der Waals surface area contributed by atoms with Crippen molar-refractivity contribution in [1.82, 2.24) is 0 Å². The van der Waals surface area contributed by atoms with E-state index in [9.17, 15) is 9.59 Å². The van der Waals surface area contributed by atoms with Gasteiger partial charge in [-0.25, -0.2) is 0 Å². The highest BCUT2D eigenvalue weighted by molar-refractivity contribution is 5.80. The van der Waals surface area contributed by atoms with Gasteiger partial charge in [0, 0.05) is 12.5 Å². The molecule has 0 amide bonds. The lowest BCUT2D eigenvalue weighted by atomic mass is 9.94. The number of esters is 1. The molecule has 5 nitrogen and oxygen atoms in total. The average Bonchev–Trinajstić information content (AvgIpc) is 3.00. The maximum absolute atomic E-state index is 11.2. The highest BCUT2D eigenvalue weighted by Crippen LogP contribution is 2.32. The minimum Gasteiger partial charge on any atom is -0.484 e. The van der Waals surface area contributed by atoms with Crippen LogP contribution in [-0.4, -0.2) is 37.7 Å². The number of aryl methyl sites for hydroxylation is 2. The predicted molar refractivity (Wildman–Crippen MR) is 97.5 cm³/mol. The van der Waals surface area contributed by atoms with Crippen LogP contribution >= 0.6 is 0 Å². The van der Waals surface area contributed by atoms with Crippen LogP contribution in [0.1, 0.15) is 28.4 Å². The van der Waals surface area contributed by atoms with Crippen LogP contribution in [0.25, 0.3) is 11.1 Å². The van der Waals surface area contributed by atoms with Crippen molar-refractivity contribution in [3.63, 3.8) is 0 Å². The molecule has 1 aliphatic heterocycles. The van der Waals surface area contributed by atoms with Crippen LogP contribution in [-0.2, 0) is 14.3 Å². The van der Waals surface area contributed by atoms with E-state index in [1.807, 2.05) is 44.2 Å². The summed E-state index contributed by atoms with van der Waals surface area (Å²) in [5.41, 5.74) is 4.82. The molecule has 0 spiro atoms. The number of benzene rings is 2. The molecular weight excluding hydrogens is 332 g/mol. The molecule has 0 saturated carbocycles. The lowest BCUT2D eigenvalue weighted by Crippen LogP contribution is -2.33. The number of carbonyl (C=O) groups is 2. The molecule has 0 unspecified atom stereocenters. The zero-order valence-corrected chi connectivity index (χ0v) is 15.2. The third-order valence-electron chi connectivity index (χ3n) is 4.40. The van der Waals surface area contributed by atoms with Crippen molar-refractivity contribution < 1.29 is 23.8 Å². The van der Waals surface area contributed by atoms with Gasteiger partial charge in [-0.15, -0.1) is 0 Å². The molecule has 1 saturated heterocycles. The Morgan fingerprint density at radius 1 is 1.12 bits per heavy atom. The summed E-state index contributed by atoms with van der Waals surface area (Å²) in [5, 5.41) is 0. The summed E-state index contributed by atoms with van der Waals surface area (Å²) in [6.45, 7) is 6.14. The summed E-state index contributed by atoms with van der Waals surface area (Å²) in [7, 11) is 0. The molecule has 2 atom stereocenters. The van der Waals surface area contributed by atoms with E-state index < -0.39 is 6.10 Å². The van der Waals surface area contributed by atoms with E-state index in [0.29, 0.717) is 24.5 Å². The van der Waals surface area contributed by atoms with Gasteiger partial charge in [0.25, 0.3) is 0 Å². The van der Waals surface area contributed by atoms with Gasteiger partial charge in [0.1, 0.15) is 12.0 Å². The molecule has 0 N–H and O–H groups in total. The SMILES string of the molecule is CC(=O)O[C@@H]1COC[C@H]1Oc1cc(C)c(-c2cccc(C=O)c2)c(C)c1. The van der Waals surface area contributed by atoms with Crippen LogP contribution in [0.2, 0.25) is 0 Å². The molecule has 1 heterocycles. The van der Waals surface area contributed by atoms with E-state index in [2.05, 4.69) is 0 Å². The standard InChI is InChI=1S/C21H22O5/c1-13-7-18(26-20-12-24-11-19(20)25-15(3)23)8-14(2)21(13)17-6-4-5-16(9-17)10-22/h4-10,19-20H,11-12H2,1-3H3/t19-,20-/m1/s1. The quantitative estimate of drug-likeness (QED) is 0.607. The normalized spacial score (nSPS) is 19.2. The first kappa shape index (κ1) is 18.1. The van der Waals surface area contributed by atoms with E-state index >= 15 is 0 Å². The molecule has 0 bridgehead atoms. The Hall–Kier alpha value is -2.66. The first-order valence-corrected chi connectivity index (χ1v) is 8.56. The molecule has 1 aliphatic rings. The Balaban J connectivity index is 1.85. The highest BCUT2D eigenvalue weighted by atomic mass is 16.6. The maximum atomic E-state index is 11.2. The monoisotopic (exact) mass is 354 g/mol. The summed E-state index contributed by atoms with van der Waals surface area (Å²) < 4.78 is 16.7. The minimum atomic E-state index is -0.392. The maximum Gasteiger partial charge on any atom is 0.303 e. The van der Waals surface area contributed by atoms with Gasteiger partial charge in [-0.2, -0.15) is 0 Å². The van der Waals surface area contributed by atoms with Gasteiger partial charge >= 0.3 is 5.97 Å². The smallest absolute Gasteiger partial charge is 0.303 e. The third kappa shape index (κ3) is 3.94. The minimum absolute atomic E-state index is 0.318. The number of carbonyl (C=O) groups excluding carboxylic acids is 2. The van der Waals surface area contributed by atoms with Crippen LogP contribution in [0, 0.1) is 13.8 Å². The molecule has 0 radical (unpaired) electrons. The molecule has 5 heteroatoms. The number of hydrogen-bond donors (Lipinski definition) is 0. The van der Waals surface area contributed by atoms with Crippen LogP contribution < -0.4 is 4.74 Å². The highest BCUT2D eigenvalue weighted by Gasteiger charge is 2.33. The van der Waals surface area contributed by atoms with E-state index in [1.54, 1.807) is 6.07 Å². The Kier molecular flexibility index (Phi) is 5.38. The molecule has 26 heavy (non-hydrogen) atoms. The number of hydrogen-bond acceptors (Lipinski definition) is 5. The van der Waals surface area contributed by atoms with Gasteiger partial charge < -0.3 is 14.2 Å². The van der Waals surface area contributed by atoms with Crippen molar-refractivity contribution >= 4 is 12.3 Å². The Morgan fingerprint density at radius 2 is 1.81 bits per heavy atom. The molecule has 3 rings (SSSR count). The van der Waals surface area contributed by atoms with E-state index in [1.165, 1.54) is 6.92 Å². The number of aldehydes is 1. The van der Waals surface area contributed by atoms with Crippen molar-refractivity contribution in [2.45, 2.75) is 33.0 Å². The number of ether oxygens (including phenoxy) is 3. The predicted octanol–water partition coefficient (Wildman–Crippen LogP) is 3.49. The van der Waals surface area contributed by atoms with Gasteiger partial charge in [-0.3, -0.25) is 9.59 Å². The van der Waals surface area contributed by atoms with E-state index in [0.717, 1.165) is 28.5 Å². The summed E-state index contributed by atoms with van der Waals surface area (Å²) >= 11 is 0. The van der Waals surface area contributed by atoms with Gasteiger partial charge in [0.15, 0.2) is 12.2 Å². The molecule has 136 valence electrons. The first-order valence-electron chi connectivity index (χ1n) is 8.56. The largest absolute Gasteiger partial charge is 0.484 e. The molecule has 1 fully saturated rings. The van der Waals surface area contributed by atoms with E-state index in [-0.39, 0.29) is 12.1 Å². The third-order valence-corrected chi connectivity index (χ3v) is 4.40. The Labute approximate surface area is 152 Å². The van der Waals surface area contributed by atoms with Crippen molar-refractivity contribution in [2.75, 3.05) is 13.2 Å². The second-order valence-electron chi connectivity index (χ2n) is 6.52. The van der Waals surface area contributed by atoms with Gasteiger partial charge in [0.05, 0.1) is 13.2 Å². The van der Waals surface area contributed by atoms with Crippen LogP contribution in [0.5, 0.6) is 5.75 Å². The summed E-state index contributed by atoms with van der Waals surface area (Å²) in [4.78, 5) is 22.2. The van der Waals surface area contributed by atoms with Gasteiger partial charge in [-0.1, -0.05) is 18.2 Å². The first-order chi connectivity index (χ1) is 12.5. The van der Waals surface area contributed by atoms with Crippen molar-refractivity contribution in [2.24, 2.45) is 0 Å². The lowest BCUT2D eigenvalue weighted by Gasteiger charge is -2.21. The fourth-order valence-corrected chi connectivity index (χ4v) is 3.34. The summed E-state index contributed by atoms with van der Waals surface area (Å²) in [5.74, 6) is 0.370. The molecule has 2 aromatic rings. The van der Waals surface area contributed by atoms with E-state index in [4.69, 9.17) is 14.2 Å². The fraction of sp³-hybridized carbons (Fsp3) is 0.333. The zero-order valence-electron chi connectivity index (χ0n) is 15.2. The second-order valence-corrected chi connectivity index (χ2v) is 6.52. The van der Waals surface area contributed by atoms with Crippen LogP contribution in [0.3, 0.4) is 0 Å². The molecular formula is C21H22O5.